The molecule has 5 heteroatoms. The van der Waals surface area contributed by atoms with Gasteiger partial charge in [-0.05, 0) is 38.8 Å². The summed E-state index contributed by atoms with van der Waals surface area (Å²) in [6.45, 7) is 8.70. The van der Waals surface area contributed by atoms with Crippen LogP contribution in [0.2, 0.25) is 0 Å². The van der Waals surface area contributed by atoms with Crippen molar-refractivity contribution in [2.45, 2.75) is 44.7 Å². The normalized spacial score (nSPS) is 25.4. The first-order valence-corrected chi connectivity index (χ1v) is 9.36. The monoisotopic (exact) mass is 306 g/mol. The number of hydrogen-bond donors (Lipinski definition) is 0. The van der Waals surface area contributed by atoms with E-state index in [1.807, 2.05) is 11.3 Å². The van der Waals surface area contributed by atoms with E-state index in [0.29, 0.717) is 0 Å². The highest BCUT2D eigenvalue weighted by molar-refractivity contribution is 7.15. The Hall–Kier alpha value is -0.650. The van der Waals surface area contributed by atoms with Gasteiger partial charge in [0.1, 0.15) is 0 Å². The third-order valence-electron chi connectivity index (χ3n) is 5.14. The Morgan fingerprint density at radius 1 is 1.00 bits per heavy atom. The smallest absolute Gasteiger partial charge is 0.185 e. The summed E-state index contributed by atoms with van der Waals surface area (Å²) in [5.41, 5.74) is 0. The maximum atomic E-state index is 4.63. The molecule has 116 valence electrons. The Balaban J connectivity index is 1.26. The van der Waals surface area contributed by atoms with Crippen LogP contribution in [0.4, 0.5) is 5.13 Å². The van der Waals surface area contributed by atoms with Gasteiger partial charge in [-0.15, -0.1) is 11.3 Å². The van der Waals surface area contributed by atoms with Gasteiger partial charge in [-0.25, -0.2) is 4.98 Å². The number of likely N-dealkylation sites (tertiary alicyclic amines) is 2. The Morgan fingerprint density at radius 2 is 1.71 bits per heavy atom. The highest BCUT2D eigenvalue weighted by atomic mass is 32.1. The van der Waals surface area contributed by atoms with Gasteiger partial charge in [0.05, 0.1) is 0 Å². The summed E-state index contributed by atoms with van der Waals surface area (Å²) in [4.78, 5) is 13.8. The molecule has 1 aromatic rings. The average molecular weight is 306 g/mol. The molecule has 0 radical (unpaired) electrons. The van der Waals surface area contributed by atoms with Gasteiger partial charge in [-0.1, -0.05) is 6.42 Å². The number of hydrogen-bond acceptors (Lipinski definition) is 5. The molecule has 0 atom stereocenters. The van der Waals surface area contributed by atoms with E-state index in [9.17, 15) is 0 Å². The summed E-state index contributed by atoms with van der Waals surface area (Å²) in [7, 11) is 0. The van der Waals surface area contributed by atoms with Crippen LogP contribution in [-0.4, -0.2) is 60.1 Å². The molecule has 1 aromatic heterocycles. The van der Waals surface area contributed by atoms with Crippen molar-refractivity contribution in [2.75, 3.05) is 44.2 Å². The van der Waals surface area contributed by atoms with E-state index in [1.54, 1.807) is 0 Å². The van der Waals surface area contributed by atoms with E-state index in [0.717, 1.165) is 12.6 Å². The highest BCUT2D eigenvalue weighted by Gasteiger charge is 2.32. The van der Waals surface area contributed by atoms with E-state index >= 15 is 0 Å². The number of anilines is 1. The van der Waals surface area contributed by atoms with Crippen molar-refractivity contribution in [3.05, 3.63) is 11.1 Å². The molecule has 4 rings (SSSR count). The molecule has 4 nitrogen and oxygen atoms in total. The molecule has 0 N–H and O–H groups in total. The molecule has 3 fully saturated rings. The summed E-state index contributed by atoms with van der Waals surface area (Å²) in [6.07, 6.45) is 9.02. The predicted octanol–water partition coefficient (Wildman–Crippen LogP) is 2.41. The largest absolute Gasteiger partial charge is 0.348 e. The zero-order chi connectivity index (χ0) is 14.1. The first-order valence-electron chi connectivity index (χ1n) is 8.54. The number of piperidine rings is 1. The van der Waals surface area contributed by atoms with Gasteiger partial charge < -0.3 is 4.90 Å². The number of thiazole rings is 1. The van der Waals surface area contributed by atoms with Crippen molar-refractivity contribution in [1.29, 1.82) is 0 Å². The van der Waals surface area contributed by atoms with Gasteiger partial charge in [-0.3, -0.25) is 9.80 Å². The third-order valence-corrected chi connectivity index (χ3v) is 6.19. The maximum Gasteiger partial charge on any atom is 0.185 e. The summed E-state index contributed by atoms with van der Waals surface area (Å²) in [6, 6.07) is 0.830. The number of rotatable bonds is 4. The molecule has 3 saturated heterocycles. The lowest BCUT2D eigenvalue weighted by atomic mass is 10.0. The molecule has 0 unspecified atom stereocenters. The quantitative estimate of drug-likeness (QED) is 0.852. The molecule has 3 aliphatic heterocycles. The van der Waals surface area contributed by atoms with Crippen LogP contribution in [0.5, 0.6) is 0 Å². The summed E-state index contributed by atoms with van der Waals surface area (Å²) in [5, 5.41) is 1.25. The van der Waals surface area contributed by atoms with E-state index in [4.69, 9.17) is 0 Å². The van der Waals surface area contributed by atoms with Crippen LogP contribution < -0.4 is 4.90 Å². The maximum absolute atomic E-state index is 4.63. The third kappa shape index (κ3) is 3.10. The van der Waals surface area contributed by atoms with Crippen molar-refractivity contribution >= 4 is 16.5 Å². The molecule has 0 aliphatic carbocycles. The lowest BCUT2D eigenvalue weighted by Crippen LogP contribution is -2.59. The lowest BCUT2D eigenvalue weighted by molar-refractivity contribution is 0.0191. The molecule has 0 amide bonds. The Morgan fingerprint density at radius 3 is 2.48 bits per heavy atom. The van der Waals surface area contributed by atoms with Gasteiger partial charge in [0.15, 0.2) is 5.13 Å². The van der Waals surface area contributed by atoms with Crippen molar-refractivity contribution in [1.82, 2.24) is 14.8 Å². The van der Waals surface area contributed by atoms with Gasteiger partial charge >= 0.3 is 0 Å². The van der Waals surface area contributed by atoms with Gasteiger partial charge in [0, 0.05) is 49.8 Å². The minimum atomic E-state index is 0.830. The van der Waals surface area contributed by atoms with E-state index in [2.05, 4.69) is 25.9 Å². The van der Waals surface area contributed by atoms with Gasteiger partial charge in [0.2, 0.25) is 0 Å². The van der Waals surface area contributed by atoms with E-state index < -0.39 is 0 Å². The molecule has 0 saturated carbocycles. The lowest BCUT2D eigenvalue weighted by Gasteiger charge is -2.46. The fourth-order valence-electron chi connectivity index (χ4n) is 3.83. The summed E-state index contributed by atoms with van der Waals surface area (Å²) >= 11 is 1.90. The number of aromatic nitrogens is 1. The molecule has 21 heavy (non-hydrogen) atoms. The fourth-order valence-corrected chi connectivity index (χ4v) is 4.84. The Kier molecular flexibility index (Phi) is 4.14. The molecule has 3 aliphatic rings. The summed E-state index contributed by atoms with van der Waals surface area (Å²) in [5.74, 6) is 0. The zero-order valence-electron chi connectivity index (χ0n) is 12.8. The highest BCUT2D eigenvalue weighted by Crippen LogP contribution is 2.28. The topological polar surface area (TPSA) is 22.6 Å². The number of nitrogens with zero attached hydrogens (tertiary/aromatic N) is 4. The average Bonchev–Trinajstić information content (AvgIpc) is 3.14. The van der Waals surface area contributed by atoms with Gasteiger partial charge in [-0.2, -0.15) is 0 Å². The first kappa shape index (κ1) is 14.0. The van der Waals surface area contributed by atoms with Crippen LogP contribution in [0, 0.1) is 0 Å². The molecule has 0 bridgehead atoms. The van der Waals surface area contributed by atoms with E-state index in [1.165, 1.54) is 81.4 Å². The minimum Gasteiger partial charge on any atom is -0.348 e. The van der Waals surface area contributed by atoms with Crippen LogP contribution in [0.25, 0.3) is 0 Å². The molecule has 0 aromatic carbocycles. The van der Waals surface area contributed by atoms with Crippen molar-refractivity contribution < 1.29 is 0 Å². The van der Waals surface area contributed by atoms with Crippen molar-refractivity contribution in [2.24, 2.45) is 0 Å². The second-order valence-corrected chi connectivity index (χ2v) is 7.84. The SMILES string of the molecule is c1nc(N2CCCC2)sc1CN1CC(N2CCCCC2)C1. The standard InChI is InChI=1S/C16H26N4S/c1-2-6-19(7-3-1)14-11-18(12-14)13-15-10-17-16(21-15)20-8-4-5-9-20/h10,14H,1-9,11-13H2. The van der Waals surface area contributed by atoms with Crippen LogP contribution in [0.1, 0.15) is 37.0 Å². The molecular formula is C16H26N4S. The second-order valence-electron chi connectivity index (χ2n) is 6.75. The fraction of sp³-hybridized carbons (Fsp3) is 0.812. The van der Waals surface area contributed by atoms with Crippen LogP contribution in [-0.2, 0) is 6.54 Å². The van der Waals surface area contributed by atoms with Crippen LogP contribution in [0.15, 0.2) is 6.20 Å². The van der Waals surface area contributed by atoms with Crippen LogP contribution >= 0.6 is 11.3 Å². The van der Waals surface area contributed by atoms with Gasteiger partial charge in [0.25, 0.3) is 0 Å². The second kappa shape index (κ2) is 6.23. The Bertz CT molecular complexity index is 457. The zero-order valence-corrected chi connectivity index (χ0v) is 13.7. The molecule has 4 heterocycles. The predicted molar refractivity (Wildman–Crippen MR) is 88.1 cm³/mol. The van der Waals surface area contributed by atoms with Crippen molar-refractivity contribution in [3.8, 4) is 0 Å². The summed E-state index contributed by atoms with van der Waals surface area (Å²) < 4.78 is 0. The molecular weight excluding hydrogens is 280 g/mol. The first-order chi connectivity index (χ1) is 10.4. The minimum absolute atomic E-state index is 0.830. The van der Waals surface area contributed by atoms with E-state index in [-0.39, 0.29) is 0 Å². The van der Waals surface area contributed by atoms with Crippen molar-refractivity contribution in [3.63, 3.8) is 0 Å². The Labute approximate surface area is 131 Å². The molecule has 0 spiro atoms. The van der Waals surface area contributed by atoms with Crippen LogP contribution in [0.3, 0.4) is 0 Å².